The van der Waals surface area contributed by atoms with Gasteiger partial charge in [-0.15, -0.1) is 0 Å². The molecule has 0 saturated heterocycles. The molecule has 0 heterocycles. The maximum atomic E-state index is 14.0. The van der Waals surface area contributed by atoms with E-state index in [2.05, 4.69) is 5.32 Å². The maximum Gasteiger partial charge on any atom is 0.264 e. The van der Waals surface area contributed by atoms with E-state index in [1.54, 1.807) is 61.5 Å². The number of carbonyl (C=O) groups is 2. The first-order valence-corrected chi connectivity index (χ1v) is 14.3. The molecule has 10 heteroatoms. The molecule has 0 spiro atoms. The largest absolute Gasteiger partial charge is 0.350 e. The van der Waals surface area contributed by atoms with Crippen LogP contribution in [-0.2, 0) is 26.2 Å². The Kier molecular flexibility index (Phi) is 9.74. The number of carbonyl (C=O) groups excluding carboxylic acids is 2. The molecular formula is C29H33ClFN3O4S. The van der Waals surface area contributed by atoms with Gasteiger partial charge in [0.05, 0.1) is 10.6 Å². The fraction of sp³-hybridized carbons (Fsp3) is 0.310. The molecule has 0 aliphatic carbocycles. The van der Waals surface area contributed by atoms with Crippen molar-refractivity contribution in [1.82, 2.24) is 10.2 Å². The van der Waals surface area contributed by atoms with Crippen LogP contribution in [-0.4, -0.2) is 43.3 Å². The molecule has 2 amide bonds. The highest BCUT2D eigenvalue weighted by Gasteiger charge is 2.34. The first-order valence-electron chi connectivity index (χ1n) is 12.5. The molecule has 0 bridgehead atoms. The Hall–Kier alpha value is -3.43. The monoisotopic (exact) mass is 573 g/mol. The number of para-hydroxylation sites is 1. The second kappa shape index (κ2) is 12.6. The number of sulfonamides is 1. The fourth-order valence-corrected chi connectivity index (χ4v) is 5.65. The second-order valence-corrected chi connectivity index (χ2v) is 12.3. The molecule has 0 aromatic heterocycles. The quantitative estimate of drug-likeness (QED) is 0.352. The number of hydrogen-bond acceptors (Lipinski definition) is 4. The van der Waals surface area contributed by atoms with Crippen molar-refractivity contribution in [2.75, 3.05) is 10.8 Å². The van der Waals surface area contributed by atoms with Gasteiger partial charge < -0.3 is 10.2 Å². The Morgan fingerprint density at radius 2 is 1.54 bits per heavy atom. The smallest absolute Gasteiger partial charge is 0.264 e. The molecule has 0 aliphatic rings. The molecule has 0 saturated carbocycles. The predicted octanol–water partition coefficient (Wildman–Crippen LogP) is 5.40. The summed E-state index contributed by atoms with van der Waals surface area (Å²) in [4.78, 5) is 28.5. The molecule has 1 unspecified atom stereocenters. The number of benzene rings is 3. The minimum atomic E-state index is -4.27. The molecule has 1 atom stereocenters. The molecule has 3 aromatic rings. The summed E-state index contributed by atoms with van der Waals surface area (Å²) in [5.41, 5.74) is 0.313. The summed E-state index contributed by atoms with van der Waals surface area (Å²) in [6, 6.07) is 18.6. The highest BCUT2D eigenvalue weighted by molar-refractivity contribution is 7.92. The summed E-state index contributed by atoms with van der Waals surface area (Å²) in [6.07, 6.45) is 0.286. The highest BCUT2D eigenvalue weighted by Crippen LogP contribution is 2.26. The lowest BCUT2D eigenvalue weighted by molar-refractivity contribution is -0.141. The molecule has 7 nitrogen and oxygen atoms in total. The van der Waals surface area contributed by atoms with Gasteiger partial charge in [-0.3, -0.25) is 13.9 Å². The summed E-state index contributed by atoms with van der Waals surface area (Å²) in [5, 5.41) is 3.34. The Balaban J connectivity index is 2.06. The summed E-state index contributed by atoms with van der Waals surface area (Å²) in [6.45, 7) is 6.70. The van der Waals surface area contributed by atoms with Crippen molar-refractivity contribution >= 4 is 39.1 Å². The number of nitrogens with zero attached hydrogens (tertiary/aromatic N) is 2. The third kappa shape index (κ3) is 7.80. The topological polar surface area (TPSA) is 86.8 Å². The summed E-state index contributed by atoms with van der Waals surface area (Å²) < 4.78 is 41.9. The van der Waals surface area contributed by atoms with Crippen molar-refractivity contribution in [3.63, 3.8) is 0 Å². The lowest BCUT2D eigenvalue weighted by Crippen LogP contribution is -2.55. The number of amides is 2. The first kappa shape index (κ1) is 30.1. The van der Waals surface area contributed by atoms with Crippen molar-refractivity contribution in [1.29, 1.82) is 0 Å². The molecule has 0 aliphatic heterocycles. The van der Waals surface area contributed by atoms with Gasteiger partial charge in [-0.1, -0.05) is 54.9 Å². The lowest BCUT2D eigenvalue weighted by atomic mass is 10.1. The number of halogens is 2. The van der Waals surface area contributed by atoms with Gasteiger partial charge in [0, 0.05) is 17.1 Å². The summed E-state index contributed by atoms with van der Waals surface area (Å²) >= 11 is 6.40. The van der Waals surface area contributed by atoms with E-state index in [1.807, 2.05) is 20.8 Å². The summed E-state index contributed by atoms with van der Waals surface area (Å²) in [7, 11) is -4.27. The van der Waals surface area contributed by atoms with Gasteiger partial charge in [0.25, 0.3) is 10.0 Å². The van der Waals surface area contributed by atoms with Crippen LogP contribution in [0.3, 0.4) is 0 Å². The van der Waals surface area contributed by atoms with Gasteiger partial charge in [-0.2, -0.15) is 0 Å². The van der Waals surface area contributed by atoms with Gasteiger partial charge in [0.15, 0.2) is 0 Å². The van der Waals surface area contributed by atoms with E-state index in [4.69, 9.17) is 11.6 Å². The van der Waals surface area contributed by atoms with Gasteiger partial charge in [-0.25, -0.2) is 12.8 Å². The third-order valence-electron chi connectivity index (χ3n) is 5.91. The van der Waals surface area contributed by atoms with Crippen LogP contribution in [0.25, 0.3) is 0 Å². The van der Waals surface area contributed by atoms with Crippen molar-refractivity contribution < 1.29 is 22.4 Å². The summed E-state index contributed by atoms with van der Waals surface area (Å²) in [5.74, 6) is -1.55. The zero-order chi connectivity index (χ0) is 28.8. The normalized spacial score (nSPS) is 12.5. The molecular weight excluding hydrogens is 541 g/mol. The SMILES string of the molecule is CCC(C(=O)NC(C)(C)C)N(Cc1ccccc1Cl)C(=O)CN(c1ccccc1)S(=O)(=O)c1ccc(F)cc1. The Morgan fingerprint density at radius 3 is 2.10 bits per heavy atom. The van der Waals surface area contributed by atoms with E-state index in [-0.39, 0.29) is 29.5 Å². The van der Waals surface area contributed by atoms with Gasteiger partial charge in [0.1, 0.15) is 18.4 Å². The minimum absolute atomic E-state index is 0.00615. The molecule has 0 radical (unpaired) electrons. The van der Waals surface area contributed by atoms with E-state index >= 15 is 0 Å². The van der Waals surface area contributed by atoms with Crippen LogP contribution >= 0.6 is 11.6 Å². The van der Waals surface area contributed by atoms with Crippen molar-refractivity contribution in [2.24, 2.45) is 0 Å². The highest BCUT2D eigenvalue weighted by atomic mass is 35.5. The van der Waals surface area contributed by atoms with Gasteiger partial charge in [-0.05, 0) is 75.2 Å². The molecule has 3 aromatic carbocycles. The molecule has 39 heavy (non-hydrogen) atoms. The zero-order valence-corrected chi connectivity index (χ0v) is 24.0. The van der Waals surface area contributed by atoms with Gasteiger partial charge >= 0.3 is 0 Å². The van der Waals surface area contributed by atoms with Crippen molar-refractivity contribution in [3.05, 3.63) is 95.3 Å². The predicted molar refractivity (Wildman–Crippen MR) is 151 cm³/mol. The van der Waals surface area contributed by atoms with Crippen LogP contribution in [0, 0.1) is 5.82 Å². The third-order valence-corrected chi connectivity index (χ3v) is 8.06. The number of anilines is 1. The average Bonchev–Trinajstić information content (AvgIpc) is 2.87. The zero-order valence-electron chi connectivity index (χ0n) is 22.4. The van der Waals surface area contributed by atoms with Crippen LogP contribution in [0.15, 0.2) is 83.8 Å². The molecule has 0 fully saturated rings. The van der Waals surface area contributed by atoms with E-state index in [9.17, 15) is 22.4 Å². The van der Waals surface area contributed by atoms with Crippen molar-refractivity contribution in [3.8, 4) is 0 Å². The Labute approximate surface area is 234 Å². The molecule has 3 rings (SSSR count). The van der Waals surface area contributed by atoms with Gasteiger partial charge in [0.2, 0.25) is 11.8 Å². The maximum absolute atomic E-state index is 14.0. The van der Waals surface area contributed by atoms with E-state index in [1.165, 1.54) is 4.90 Å². The average molecular weight is 574 g/mol. The van der Waals surface area contributed by atoms with E-state index in [0.717, 1.165) is 28.6 Å². The van der Waals surface area contributed by atoms with Crippen LogP contribution in [0.1, 0.15) is 39.7 Å². The van der Waals surface area contributed by atoms with Crippen molar-refractivity contribution in [2.45, 2.75) is 57.1 Å². The first-order chi connectivity index (χ1) is 18.3. The second-order valence-electron chi connectivity index (χ2n) is 10.1. The van der Waals surface area contributed by atoms with E-state index < -0.39 is 39.9 Å². The standard InChI is InChI=1S/C29H33ClFN3O4S/c1-5-26(28(36)32-29(2,3)4)33(19-21-11-9-10-14-25(21)30)27(35)20-34(23-12-7-6-8-13-23)39(37,38)24-17-15-22(31)16-18-24/h6-18,26H,5,19-20H2,1-4H3,(H,32,36). The van der Waals surface area contributed by atoms with Crippen LogP contribution in [0.5, 0.6) is 0 Å². The van der Waals surface area contributed by atoms with Crippen LogP contribution in [0.2, 0.25) is 5.02 Å². The minimum Gasteiger partial charge on any atom is -0.350 e. The molecule has 208 valence electrons. The number of rotatable bonds is 10. The Bertz CT molecular complexity index is 1390. The number of hydrogen-bond donors (Lipinski definition) is 1. The Morgan fingerprint density at radius 1 is 0.949 bits per heavy atom. The lowest BCUT2D eigenvalue weighted by Gasteiger charge is -2.35. The van der Waals surface area contributed by atoms with Crippen LogP contribution < -0.4 is 9.62 Å². The number of nitrogens with one attached hydrogen (secondary N) is 1. The van der Waals surface area contributed by atoms with E-state index in [0.29, 0.717) is 10.6 Å². The molecule has 1 N–H and O–H groups in total. The fourth-order valence-electron chi connectivity index (χ4n) is 4.04. The van der Waals surface area contributed by atoms with Crippen LogP contribution in [0.4, 0.5) is 10.1 Å².